The summed E-state index contributed by atoms with van der Waals surface area (Å²) in [5, 5.41) is 12.9. The van der Waals surface area contributed by atoms with Gasteiger partial charge in [-0.2, -0.15) is 5.26 Å². The van der Waals surface area contributed by atoms with Crippen LogP contribution in [0.2, 0.25) is 0 Å². The van der Waals surface area contributed by atoms with Gasteiger partial charge in [0.25, 0.3) is 0 Å². The van der Waals surface area contributed by atoms with Crippen LogP contribution in [0, 0.1) is 11.8 Å². The molecule has 0 amide bonds. The van der Waals surface area contributed by atoms with Crippen molar-refractivity contribution in [2.45, 2.75) is 24.3 Å². The zero-order chi connectivity index (χ0) is 16.6. The Morgan fingerprint density at radius 2 is 1.58 bits per heavy atom. The smallest absolute Gasteiger partial charge is 0.313 e. The van der Waals surface area contributed by atoms with Crippen molar-refractivity contribution in [1.82, 2.24) is 5.32 Å². The Morgan fingerprint density at radius 1 is 1.00 bits per heavy atom. The quantitative estimate of drug-likeness (QED) is 0.671. The fraction of sp³-hybridized carbons (Fsp3) is 0.350. The van der Waals surface area contributed by atoms with Gasteiger partial charge in [-0.25, -0.2) is 4.79 Å². The molecular weight excluding hydrogens is 302 g/mol. The summed E-state index contributed by atoms with van der Waals surface area (Å²) in [4.78, 5) is 17.4. The van der Waals surface area contributed by atoms with Gasteiger partial charge in [0.2, 0.25) is 0 Å². The first-order valence-corrected chi connectivity index (χ1v) is 8.48. The first kappa shape index (κ1) is 15.4. The number of hydrogen-bond donors (Lipinski definition) is 2. The van der Waals surface area contributed by atoms with Crippen LogP contribution in [0.25, 0.3) is 0 Å². The van der Waals surface area contributed by atoms with Crippen molar-refractivity contribution in [3.05, 3.63) is 71.8 Å². The Balaban J connectivity index is 1.98. The fourth-order valence-electron chi connectivity index (χ4n) is 4.89. The average molecular weight is 323 g/mol. The average Bonchev–Trinajstić information content (AvgIpc) is 3.25. The molecule has 0 radical (unpaired) electrons. The third-order valence-electron chi connectivity index (χ3n) is 5.80. The minimum Gasteiger partial charge on any atom is -0.313 e. The lowest BCUT2D eigenvalue weighted by atomic mass is 9.62. The second kappa shape index (κ2) is 6.04. The predicted molar refractivity (Wildman–Crippen MR) is 90.4 cm³/mol. The molecule has 0 aromatic heterocycles. The van der Waals surface area contributed by atoms with Crippen molar-refractivity contribution < 1.29 is 14.9 Å². The standard InChI is InChI=1S/C20H21NO3/c22-19(24-23)20(15-7-3-1-4-8-15,16-9-5-2-6-10-16)18-14-11-12-17(18)21-13-14/h1-10,14,17-18,21,23H,11-13H2. The molecule has 24 heavy (non-hydrogen) atoms. The lowest BCUT2D eigenvalue weighted by molar-refractivity contribution is -0.241. The number of benzene rings is 2. The second-order valence-corrected chi connectivity index (χ2v) is 6.80. The van der Waals surface area contributed by atoms with Gasteiger partial charge in [0.15, 0.2) is 0 Å². The van der Waals surface area contributed by atoms with Crippen molar-refractivity contribution in [2.24, 2.45) is 11.8 Å². The van der Waals surface area contributed by atoms with E-state index in [1.165, 1.54) is 0 Å². The van der Waals surface area contributed by atoms with Crippen LogP contribution in [-0.2, 0) is 15.1 Å². The van der Waals surface area contributed by atoms with E-state index in [4.69, 9.17) is 0 Å². The van der Waals surface area contributed by atoms with Crippen molar-refractivity contribution >= 4 is 5.97 Å². The fourth-order valence-corrected chi connectivity index (χ4v) is 4.89. The molecule has 124 valence electrons. The van der Waals surface area contributed by atoms with E-state index in [0.29, 0.717) is 5.92 Å². The molecule has 4 heteroatoms. The summed E-state index contributed by atoms with van der Waals surface area (Å²) < 4.78 is 0. The third-order valence-corrected chi connectivity index (χ3v) is 5.80. The Hall–Kier alpha value is -2.17. The van der Waals surface area contributed by atoms with Gasteiger partial charge in [-0.05, 0) is 36.4 Å². The highest BCUT2D eigenvalue weighted by atomic mass is 17.1. The first-order valence-electron chi connectivity index (χ1n) is 8.48. The van der Waals surface area contributed by atoms with Crippen LogP contribution in [0.1, 0.15) is 24.0 Å². The first-order chi connectivity index (χ1) is 11.8. The van der Waals surface area contributed by atoms with Crippen LogP contribution in [0.5, 0.6) is 0 Å². The van der Waals surface area contributed by atoms with Gasteiger partial charge in [-0.15, -0.1) is 0 Å². The summed E-state index contributed by atoms with van der Waals surface area (Å²) in [6, 6.07) is 19.7. The van der Waals surface area contributed by atoms with E-state index >= 15 is 0 Å². The summed E-state index contributed by atoms with van der Waals surface area (Å²) >= 11 is 0. The second-order valence-electron chi connectivity index (χ2n) is 6.80. The summed E-state index contributed by atoms with van der Waals surface area (Å²) in [7, 11) is 0. The number of hydrogen-bond acceptors (Lipinski definition) is 4. The van der Waals surface area contributed by atoms with E-state index in [2.05, 4.69) is 10.2 Å². The molecule has 2 aromatic rings. The Labute approximate surface area is 141 Å². The van der Waals surface area contributed by atoms with E-state index in [-0.39, 0.29) is 12.0 Å². The molecular formula is C20H21NO3. The highest BCUT2D eigenvalue weighted by Gasteiger charge is 2.59. The molecule has 2 N–H and O–H groups in total. The van der Waals surface area contributed by atoms with Gasteiger partial charge < -0.3 is 5.32 Å². The van der Waals surface area contributed by atoms with Gasteiger partial charge in [0.05, 0.1) is 0 Å². The van der Waals surface area contributed by atoms with E-state index in [1.54, 1.807) is 0 Å². The maximum atomic E-state index is 13.0. The van der Waals surface area contributed by atoms with Gasteiger partial charge >= 0.3 is 5.97 Å². The molecule has 4 rings (SSSR count). The minimum atomic E-state index is -0.993. The zero-order valence-corrected chi connectivity index (χ0v) is 13.4. The summed E-state index contributed by atoms with van der Waals surface area (Å²) in [6.45, 7) is 0.912. The molecule has 1 aliphatic carbocycles. The number of rotatable bonds is 4. The molecule has 4 nitrogen and oxygen atoms in total. The van der Waals surface area contributed by atoms with Gasteiger partial charge in [0, 0.05) is 12.0 Å². The van der Waals surface area contributed by atoms with Crippen molar-refractivity contribution in [3.63, 3.8) is 0 Å². The zero-order valence-electron chi connectivity index (χ0n) is 13.4. The lowest BCUT2D eigenvalue weighted by Crippen LogP contribution is -2.49. The highest BCUT2D eigenvalue weighted by molar-refractivity contribution is 5.88. The number of fused-ring (bicyclic) bond motifs is 2. The van der Waals surface area contributed by atoms with Crippen LogP contribution in [0.3, 0.4) is 0 Å². The number of nitrogens with one attached hydrogen (secondary N) is 1. The van der Waals surface area contributed by atoms with Crippen LogP contribution < -0.4 is 5.32 Å². The molecule has 0 spiro atoms. The van der Waals surface area contributed by atoms with E-state index in [0.717, 1.165) is 30.5 Å². The minimum absolute atomic E-state index is 0.0712. The van der Waals surface area contributed by atoms with Crippen molar-refractivity contribution in [2.75, 3.05) is 6.54 Å². The Kier molecular flexibility index (Phi) is 3.87. The van der Waals surface area contributed by atoms with Gasteiger partial charge in [-0.1, -0.05) is 60.7 Å². The predicted octanol–water partition coefficient (Wildman–Crippen LogP) is 2.99. The highest BCUT2D eigenvalue weighted by Crippen LogP contribution is 2.52. The topological polar surface area (TPSA) is 58.6 Å². The van der Waals surface area contributed by atoms with Crippen LogP contribution in [-0.4, -0.2) is 23.8 Å². The maximum absolute atomic E-state index is 13.0. The SMILES string of the molecule is O=C(OO)C(c1ccccc1)(c1ccccc1)C1C2CCC1NC2. The normalized spacial score (nSPS) is 25.6. The van der Waals surface area contributed by atoms with Crippen LogP contribution >= 0.6 is 0 Å². The molecule has 1 saturated heterocycles. The number of carbonyl (C=O) groups is 1. The summed E-state index contributed by atoms with van der Waals surface area (Å²) in [5.41, 5.74) is 0.758. The number of piperidine rings is 1. The van der Waals surface area contributed by atoms with Gasteiger partial charge in [0.1, 0.15) is 5.41 Å². The van der Waals surface area contributed by atoms with Crippen molar-refractivity contribution in [1.29, 1.82) is 0 Å². The van der Waals surface area contributed by atoms with E-state index < -0.39 is 11.4 Å². The Bertz CT molecular complexity index is 657. The third kappa shape index (κ3) is 2.10. The molecule has 1 aliphatic heterocycles. The largest absolute Gasteiger partial charge is 0.357 e. The van der Waals surface area contributed by atoms with Crippen LogP contribution in [0.4, 0.5) is 0 Å². The van der Waals surface area contributed by atoms with Crippen molar-refractivity contribution in [3.8, 4) is 0 Å². The van der Waals surface area contributed by atoms with E-state index in [1.807, 2.05) is 60.7 Å². The molecule has 2 bridgehead atoms. The Morgan fingerprint density at radius 3 is 1.96 bits per heavy atom. The molecule has 3 atom stereocenters. The summed E-state index contributed by atoms with van der Waals surface area (Å²) in [6.07, 6.45) is 2.15. The summed E-state index contributed by atoms with van der Waals surface area (Å²) in [5.74, 6) is -0.123. The molecule has 1 heterocycles. The lowest BCUT2D eigenvalue weighted by Gasteiger charge is -2.39. The maximum Gasteiger partial charge on any atom is 0.357 e. The molecule has 3 unspecified atom stereocenters. The van der Waals surface area contributed by atoms with Gasteiger partial charge in [-0.3, -0.25) is 4.89 Å². The molecule has 1 saturated carbocycles. The van der Waals surface area contributed by atoms with E-state index in [9.17, 15) is 10.1 Å². The van der Waals surface area contributed by atoms with Crippen LogP contribution in [0.15, 0.2) is 60.7 Å². The molecule has 2 aliphatic rings. The monoisotopic (exact) mass is 323 g/mol. The number of carbonyl (C=O) groups excluding carboxylic acids is 1. The molecule has 2 fully saturated rings. The molecule has 2 aromatic carbocycles.